The average molecular weight is 306 g/mol. The summed E-state index contributed by atoms with van der Waals surface area (Å²) in [5.41, 5.74) is -0.476. The summed E-state index contributed by atoms with van der Waals surface area (Å²) in [7, 11) is 0. The van der Waals surface area contributed by atoms with E-state index in [1.54, 1.807) is 17.0 Å². The van der Waals surface area contributed by atoms with Crippen molar-refractivity contribution in [3.05, 3.63) is 24.2 Å². The number of fused-ring (bicyclic) bond motifs is 1. The molecule has 3 rings (SSSR count). The van der Waals surface area contributed by atoms with E-state index in [9.17, 15) is 9.59 Å². The van der Waals surface area contributed by atoms with Gasteiger partial charge >= 0.3 is 6.09 Å². The quantitative estimate of drug-likeness (QED) is 0.798. The van der Waals surface area contributed by atoms with Crippen molar-refractivity contribution in [3.8, 4) is 0 Å². The summed E-state index contributed by atoms with van der Waals surface area (Å²) in [6, 6.07) is 3.40. The Morgan fingerprint density at radius 3 is 2.23 bits per heavy atom. The van der Waals surface area contributed by atoms with E-state index in [0.717, 1.165) is 0 Å². The smallest absolute Gasteiger partial charge is 0.410 e. The van der Waals surface area contributed by atoms with Crippen LogP contribution in [0, 0.1) is 11.8 Å². The average Bonchev–Trinajstić information content (AvgIpc) is 3.11. The Kier molecular flexibility index (Phi) is 3.62. The third-order valence-electron chi connectivity index (χ3n) is 4.16. The fourth-order valence-electron chi connectivity index (χ4n) is 3.19. The third-order valence-corrected chi connectivity index (χ3v) is 4.16. The van der Waals surface area contributed by atoms with Crippen LogP contribution < -0.4 is 0 Å². The molecule has 0 aromatic carbocycles. The lowest BCUT2D eigenvalue weighted by molar-refractivity contribution is 0.0275. The molecule has 2 fully saturated rings. The van der Waals surface area contributed by atoms with Crippen LogP contribution in [0.4, 0.5) is 4.79 Å². The van der Waals surface area contributed by atoms with E-state index in [-0.39, 0.29) is 12.0 Å². The molecule has 0 N–H and O–H groups in total. The number of rotatable bonds is 1. The van der Waals surface area contributed by atoms with E-state index in [0.29, 0.717) is 43.8 Å². The number of hydrogen-bond donors (Lipinski definition) is 0. The van der Waals surface area contributed by atoms with Gasteiger partial charge in [0.25, 0.3) is 5.91 Å². The monoisotopic (exact) mass is 306 g/mol. The van der Waals surface area contributed by atoms with Crippen molar-refractivity contribution in [1.82, 2.24) is 9.80 Å². The number of ether oxygens (including phenoxy) is 1. The molecule has 22 heavy (non-hydrogen) atoms. The van der Waals surface area contributed by atoms with Gasteiger partial charge in [0.05, 0.1) is 6.26 Å². The SMILES string of the molecule is CC(C)(C)OC(=O)N1CC2CN(C(=O)c3ccco3)CC2C1. The lowest BCUT2D eigenvalue weighted by atomic mass is 10.0. The molecule has 1 aromatic heterocycles. The lowest BCUT2D eigenvalue weighted by Crippen LogP contribution is -2.38. The Bertz CT molecular complexity index is 547. The third kappa shape index (κ3) is 2.96. The zero-order valence-electron chi connectivity index (χ0n) is 13.2. The first kappa shape index (κ1) is 14.9. The van der Waals surface area contributed by atoms with E-state index in [2.05, 4.69) is 0 Å². The number of carbonyl (C=O) groups excluding carboxylic acids is 2. The first-order chi connectivity index (χ1) is 10.3. The summed E-state index contributed by atoms with van der Waals surface area (Å²) in [6.45, 7) is 8.25. The molecule has 2 amide bonds. The summed E-state index contributed by atoms with van der Waals surface area (Å²) in [5, 5.41) is 0. The molecular weight excluding hydrogens is 284 g/mol. The number of amides is 2. The van der Waals surface area contributed by atoms with Crippen LogP contribution in [-0.4, -0.2) is 53.6 Å². The zero-order valence-corrected chi connectivity index (χ0v) is 13.2. The number of carbonyl (C=O) groups is 2. The Morgan fingerprint density at radius 2 is 1.73 bits per heavy atom. The normalized spacial score (nSPS) is 24.5. The van der Waals surface area contributed by atoms with Crippen LogP contribution >= 0.6 is 0 Å². The maximum absolute atomic E-state index is 12.3. The molecule has 0 saturated carbocycles. The summed E-state index contributed by atoms with van der Waals surface area (Å²) >= 11 is 0. The van der Waals surface area contributed by atoms with Gasteiger partial charge in [-0.1, -0.05) is 0 Å². The molecule has 2 unspecified atom stereocenters. The summed E-state index contributed by atoms with van der Waals surface area (Å²) < 4.78 is 10.6. The van der Waals surface area contributed by atoms with Gasteiger partial charge in [0.15, 0.2) is 5.76 Å². The van der Waals surface area contributed by atoms with Gasteiger partial charge in [0.1, 0.15) is 5.60 Å². The predicted molar refractivity (Wildman–Crippen MR) is 79.4 cm³/mol. The maximum atomic E-state index is 12.3. The van der Waals surface area contributed by atoms with Crippen LogP contribution in [0.3, 0.4) is 0 Å². The van der Waals surface area contributed by atoms with Crippen molar-refractivity contribution in [2.45, 2.75) is 26.4 Å². The van der Waals surface area contributed by atoms with E-state index in [1.165, 1.54) is 6.26 Å². The topological polar surface area (TPSA) is 63.0 Å². The van der Waals surface area contributed by atoms with E-state index >= 15 is 0 Å². The van der Waals surface area contributed by atoms with E-state index < -0.39 is 5.60 Å². The van der Waals surface area contributed by atoms with Gasteiger partial charge in [-0.3, -0.25) is 4.79 Å². The second kappa shape index (κ2) is 5.34. The molecule has 6 nitrogen and oxygen atoms in total. The van der Waals surface area contributed by atoms with Gasteiger partial charge < -0.3 is 19.0 Å². The fraction of sp³-hybridized carbons (Fsp3) is 0.625. The number of likely N-dealkylation sites (tertiary alicyclic amines) is 2. The number of furan rings is 1. The minimum atomic E-state index is -0.476. The highest BCUT2D eigenvalue weighted by Crippen LogP contribution is 2.32. The number of hydrogen-bond acceptors (Lipinski definition) is 4. The minimum Gasteiger partial charge on any atom is -0.459 e. The first-order valence-electron chi connectivity index (χ1n) is 7.64. The van der Waals surface area contributed by atoms with Crippen LogP contribution in [0.15, 0.2) is 22.8 Å². The molecule has 2 aliphatic heterocycles. The largest absolute Gasteiger partial charge is 0.459 e. The van der Waals surface area contributed by atoms with Crippen LogP contribution in [-0.2, 0) is 4.74 Å². The summed E-state index contributed by atoms with van der Waals surface area (Å²) in [6.07, 6.45) is 1.25. The maximum Gasteiger partial charge on any atom is 0.410 e. The Morgan fingerprint density at radius 1 is 1.14 bits per heavy atom. The molecule has 0 bridgehead atoms. The van der Waals surface area contributed by atoms with Crippen LogP contribution in [0.2, 0.25) is 0 Å². The Labute approximate surface area is 130 Å². The van der Waals surface area contributed by atoms with Gasteiger partial charge in [-0.2, -0.15) is 0 Å². The molecule has 0 radical (unpaired) electrons. The molecule has 0 spiro atoms. The highest BCUT2D eigenvalue weighted by Gasteiger charge is 2.44. The molecule has 1 aromatic rings. The number of nitrogens with zero attached hydrogens (tertiary/aromatic N) is 2. The van der Waals surface area contributed by atoms with Gasteiger partial charge in [-0.25, -0.2) is 4.79 Å². The minimum absolute atomic E-state index is 0.0665. The summed E-state index contributed by atoms with van der Waals surface area (Å²) in [4.78, 5) is 28.0. The highest BCUT2D eigenvalue weighted by atomic mass is 16.6. The molecule has 120 valence electrons. The van der Waals surface area contributed by atoms with Gasteiger partial charge in [-0.05, 0) is 32.9 Å². The standard InChI is InChI=1S/C16H22N2O4/c1-16(2,3)22-15(20)18-9-11-7-17(8-12(11)10-18)14(19)13-5-4-6-21-13/h4-6,11-12H,7-10H2,1-3H3. The van der Waals surface area contributed by atoms with Crippen LogP contribution in [0.1, 0.15) is 31.3 Å². The van der Waals surface area contributed by atoms with Gasteiger partial charge in [-0.15, -0.1) is 0 Å². The molecule has 6 heteroatoms. The predicted octanol–water partition coefficient (Wildman–Crippen LogP) is 2.22. The fourth-order valence-corrected chi connectivity index (χ4v) is 3.19. The molecule has 3 heterocycles. The van der Waals surface area contributed by atoms with Crippen LogP contribution in [0.25, 0.3) is 0 Å². The van der Waals surface area contributed by atoms with Crippen molar-refractivity contribution < 1.29 is 18.7 Å². The second-order valence-electron chi connectivity index (χ2n) is 7.09. The van der Waals surface area contributed by atoms with Gasteiger partial charge in [0.2, 0.25) is 0 Å². The second-order valence-corrected chi connectivity index (χ2v) is 7.09. The summed E-state index contributed by atoms with van der Waals surface area (Å²) in [5.74, 6) is 0.963. The molecule has 0 aliphatic carbocycles. The molecular formula is C16H22N2O4. The van der Waals surface area contributed by atoms with Gasteiger partial charge in [0, 0.05) is 38.0 Å². The van der Waals surface area contributed by atoms with E-state index in [4.69, 9.17) is 9.15 Å². The molecule has 2 aliphatic rings. The van der Waals surface area contributed by atoms with Crippen molar-refractivity contribution in [1.29, 1.82) is 0 Å². The zero-order chi connectivity index (χ0) is 15.9. The van der Waals surface area contributed by atoms with E-state index in [1.807, 2.05) is 25.7 Å². The van der Waals surface area contributed by atoms with Crippen molar-refractivity contribution in [3.63, 3.8) is 0 Å². The van der Waals surface area contributed by atoms with Crippen LogP contribution in [0.5, 0.6) is 0 Å². The van der Waals surface area contributed by atoms with Crippen molar-refractivity contribution in [2.24, 2.45) is 11.8 Å². The first-order valence-corrected chi connectivity index (χ1v) is 7.64. The van der Waals surface area contributed by atoms with Crippen molar-refractivity contribution >= 4 is 12.0 Å². The Balaban J connectivity index is 1.56. The Hall–Kier alpha value is -1.98. The highest BCUT2D eigenvalue weighted by molar-refractivity contribution is 5.91. The molecule has 2 atom stereocenters. The molecule has 2 saturated heterocycles. The lowest BCUT2D eigenvalue weighted by Gasteiger charge is -2.25. The van der Waals surface area contributed by atoms with Crippen molar-refractivity contribution in [2.75, 3.05) is 26.2 Å².